The summed E-state index contributed by atoms with van der Waals surface area (Å²) in [5, 5.41) is 0. The zero-order chi connectivity index (χ0) is 9.14. The summed E-state index contributed by atoms with van der Waals surface area (Å²) in [5.74, 6) is -0.551. The second-order valence-electron chi connectivity index (χ2n) is 1.89. The number of esters is 1. The average molecular weight is 235 g/mol. The Labute approximate surface area is 77.0 Å². The van der Waals surface area contributed by atoms with Crippen molar-refractivity contribution in [1.29, 1.82) is 0 Å². The van der Waals surface area contributed by atoms with Crippen molar-refractivity contribution in [1.82, 2.24) is 4.98 Å². The predicted molar refractivity (Wildman–Crippen MR) is 44.6 cm³/mol. The molecular weight excluding hydrogens is 228 g/mol. The van der Waals surface area contributed by atoms with E-state index in [1.807, 2.05) is 0 Å². The van der Waals surface area contributed by atoms with Gasteiger partial charge in [0, 0.05) is 0 Å². The summed E-state index contributed by atoms with van der Waals surface area (Å²) >= 11 is 2.98. The third-order valence-corrected chi connectivity index (χ3v) is 1.61. The lowest BCUT2D eigenvalue weighted by Crippen LogP contribution is -2.05. The molecular formula is C6H7BrN2O3. The number of anilines is 1. The summed E-state index contributed by atoms with van der Waals surface area (Å²) in [6.45, 7) is 1.99. The molecule has 0 saturated heterocycles. The first-order valence-corrected chi connectivity index (χ1v) is 4.03. The Morgan fingerprint density at radius 2 is 2.50 bits per heavy atom. The van der Waals surface area contributed by atoms with Crippen LogP contribution in [0.2, 0.25) is 0 Å². The number of ether oxygens (including phenoxy) is 1. The maximum atomic E-state index is 11.0. The lowest BCUT2D eigenvalue weighted by Gasteiger charge is -1.95. The van der Waals surface area contributed by atoms with E-state index in [1.165, 1.54) is 0 Å². The molecule has 1 aromatic rings. The Balaban J connectivity index is 2.87. The van der Waals surface area contributed by atoms with E-state index in [2.05, 4.69) is 25.7 Å². The van der Waals surface area contributed by atoms with Crippen LogP contribution in [0.5, 0.6) is 0 Å². The fraction of sp³-hybridized carbons (Fsp3) is 0.333. The maximum absolute atomic E-state index is 11.0. The molecule has 0 spiro atoms. The molecule has 0 fully saturated rings. The van der Waals surface area contributed by atoms with E-state index < -0.39 is 5.97 Å². The van der Waals surface area contributed by atoms with Crippen LogP contribution in [0.25, 0.3) is 0 Å². The van der Waals surface area contributed by atoms with Crippen LogP contribution >= 0.6 is 15.9 Å². The predicted octanol–water partition coefficient (Wildman–Crippen LogP) is 1.20. The number of aromatic nitrogens is 1. The SMILES string of the molecule is CCOC(=O)c1nc(N)oc1Br. The molecule has 1 heterocycles. The number of oxazole rings is 1. The highest BCUT2D eigenvalue weighted by atomic mass is 79.9. The largest absolute Gasteiger partial charge is 0.461 e. The molecule has 2 N–H and O–H groups in total. The van der Waals surface area contributed by atoms with E-state index in [1.54, 1.807) is 6.92 Å². The van der Waals surface area contributed by atoms with Gasteiger partial charge in [-0.1, -0.05) is 0 Å². The van der Waals surface area contributed by atoms with Crippen LogP contribution in [0.4, 0.5) is 6.01 Å². The van der Waals surface area contributed by atoms with Gasteiger partial charge in [0.2, 0.25) is 10.4 Å². The molecule has 1 aromatic heterocycles. The number of nitrogens with zero attached hydrogens (tertiary/aromatic N) is 1. The van der Waals surface area contributed by atoms with Crippen molar-refractivity contribution in [2.75, 3.05) is 12.3 Å². The van der Waals surface area contributed by atoms with Crippen molar-refractivity contribution < 1.29 is 13.9 Å². The van der Waals surface area contributed by atoms with Crippen LogP contribution in [-0.4, -0.2) is 17.6 Å². The molecule has 0 aliphatic heterocycles. The van der Waals surface area contributed by atoms with Gasteiger partial charge in [0.15, 0.2) is 0 Å². The van der Waals surface area contributed by atoms with E-state index in [0.717, 1.165) is 0 Å². The minimum atomic E-state index is -0.551. The van der Waals surface area contributed by atoms with Crippen LogP contribution in [-0.2, 0) is 4.74 Å². The molecule has 66 valence electrons. The van der Waals surface area contributed by atoms with Gasteiger partial charge in [-0.3, -0.25) is 0 Å². The Bertz CT molecular complexity index is 297. The van der Waals surface area contributed by atoms with E-state index >= 15 is 0 Å². The van der Waals surface area contributed by atoms with Gasteiger partial charge >= 0.3 is 5.97 Å². The van der Waals surface area contributed by atoms with E-state index in [-0.39, 0.29) is 23.0 Å². The topological polar surface area (TPSA) is 78.3 Å². The van der Waals surface area contributed by atoms with Crippen LogP contribution < -0.4 is 5.73 Å². The van der Waals surface area contributed by atoms with Crippen molar-refractivity contribution in [3.05, 3.63) is 10.4 Å². The average Bonchev–Trinajstić information content (AvgIpc) is 2.30. The molecule has 0 aromatic carbocycles. The minimum Gasteiger partial charge on any atom is -0.461 e. The lowest BCUT2D eigenvalue weighted by molar-refractivity contribution is 0.0518. The molecule has 0 unspecified atom stereocenters. The number of halogens is 1. The van der Waals surface area contributed by atoms with Crippen LogP contribution in [0, 0.1) is 0 Å². The first kappa shape index (κ1) is 9.05. The number of nitrogen functional groups attached to an aromatic ring is 1. The summed E-state index contributed by atoms with van der Waals surface area (Å²) in [7, 11) is 0. The summed E-state index contributed by atoms with van der Waals surface area (Å²) in [5.41, 5.74) is 5.26. The minimum absolute atomic E-state index is 0.0642. The van der Waals surface area contributed by atoms with Gasteiger partial charge in [0.25, 0.3) is 6.01 Å². The third kappa shape index (κ3) is 1.76. The third-order valence-electron chi connectivity index (χ3n) is 1.07. The molecule has 12 heavy (non-hydrogen) atoms. The highest BCUT2D eigenvalue weighted by Gasteiger charge is 2.17. The standard InChI is InChI=1S/C6H7BrN2O3/c1-2-11-5(10)3-4(7)12-6(8)9-3/h2H2,1H3,(H2,8,9). The molecule has 6 heteroatoms. The zero-order valence-electron chi connectivity index (χ0n) is 6.33. The molecule has 0 amide bonds. The van der Waals surface area contributed by atoms with Gasteiger partial charge in [0.05, 0.1) is 6.61 Å². The number of rotatable bonds is 2. The number of nitrogens with two attached hydrogens (primary N) is 1. The van der Waals surface area contributed by atoms with Crippen molar-refractivity contribution in [2.45, 2.75) is 6.92 Å². The van der Waals surface area contributed by atoms with Crippen molar-refractivity contribution in [3.63, 3.8) is 0 Å². The second-order valence-corrected chi connectivity index (χ2v) is 2.62. The Hall–Kier alpha value is -1.04. The van der Waals surface area contributed by atoms with Crippen LogP contribution in [0.3, 0.4) is 0 Å². The fourth-order valence-electron chi connectivity index (χ4n) is 0.642. The van der Waals surface area contributed by atoms with Gasteiger partial charge in [-0.2, -0.15) is 4.98 Å². The van der Waals surface area contributed by atoms with Crippen LogP contribution in [0.1, 0.15) is 17.4 Å². The smallest absolute Gasteiger partial charge is 0.361 e. The Morgan fingerprint density at radius 3 is 2.92 bits per heavy atom. The van der Waals surface area contributed by atoms with Gasteiger partial charge in [0.1, 0.15) is 0 Å². The molecule has 5 nitrogen and oxygen atoms in total. The van der Waals surface area contributed by atoms with E-state index in [0.29, 0.717) is 0 Å². The zero-order valence-corrected chi connectivity index (χ0v) is 7.92. The quantitative estimate of drug-likeness (QED) is 0.779. The fourth-order valence-corrected chi connectivity index (χ4v) is 1.06. The molecule has 0 bridgehead atoms. The summed E-state index contributed by atoms with van der Waals surface area (Å²) in [6, 6.07) is -0.0649. The highest BCUT2D eigenvalue weighted by molar-refractivity contribution is 9.10. The highest BCUT2D eigenvalue weighted by Crippen LogP contribution is 2.19. The Kier molecular flexibility index (Phi) is 2.69. The molecule has 0 saturated carbocycles. The second kappa shape index (κ2) is 3.57. The molecule has 0 radical (unpaired) electrons. The first-order chi connectivity index (χ1) is 5.65. The lowest BCUT2D eigenvalue weighted by atomic mass is 10.5. The number of carbonyl (C=O) groups is 1. The van der Waals surface area contributed by atoms with E-state index in [4.69, 9.17) is 10.2 Å². The monoisotopic (exact) mass is 234 g/mol. The summed E-state index contributed by atoms with van der Waals surface area (Å²) in [6.07, 6.45) is 0. The van der Waals surface area contributed by atoms with Crippen molar-refractivity contribution >= 4 is 27.9 Å². The molecule has 0 atom stereocenters. The van der Waals surface area contributed by atoms with E-state index in [9.17, 15) is 4.79 Å². The first-order valence-electron chi connectivity index (χ1n) is 3.24. The number of hydrogen-bond acceptors (Lipinski definition) is 5. The Morgan fingerprint density at radius 1 is 1.83 bits per heavy atom. The summed E-state index contributed by atoms with van der Waals surface area (Å²) < 4.78 is 9.63. The van der Waals surface area contributed by atoms with Crippen molar-refractivity contribution in [2.24, 2.45) is 0 Å². The number of carbonyl (C=O) groups excluding carboxylic acids is 1. The van der Waals surface area contributed by atoms with Crippen molar-refractivity contribution in [3.8, 4) is 0 Å². The maximum Gasteiger partial charge on any atom is 0.361 e. The molecule has 1 rings (SSSR count). The molecule has 0 aliphatic rings. The normalized spacial score (nSPS) is 9.83. The van der Waals surface area contributed by atoms with Gasteiger partial charge in [-0.05, 0) is 22.9 Å². The summed E-state index contributed by atoms with van der Waals surface area (Å²) in [4.78, 5) is 14.7. The number of hydrogen-bond donors (Lipinski definition) is 1. The van der Waals surface area contributed by atoms with Crippen LogP contribution in [0.15, 0.2) is 9.09 Å². The van der Waals surface area contributed by atoms with Gasteiger partial charge in [-0.15, -0.1) is 0 Å². The van der Waals surface area contributed by atoms with Gasteiger partial charge < -0.3 is 14.9 Å². The molecule has 0 aliphatic carbocycles. The van der Waals surface area contributed by atoms with Gasteiger partial charge in [-0.25, -0.2) is 4.79 Å².